The molecule has 0 aliphatic heterocycles. The molecule has 1 aromatic carbocycles. The zero-order chi connectivity index (χ0) is 15.0. The monoisotopic (exact) mass is 293 g/mol. The minimum absolute atomic E-state index is 0.0676. The number of carbonyl (C=O) groups is 1. The third-order valence-corrected chi connectivity index (χ3v) is 3.47. The molecule has 0 heterocycles. The van der Waals surface area contributed by atoms with E-state index in [0.717, 1.165) is 24.3 Å². The Morgan fingerprint density at radius 2 is 1.95 bits per heavy atom. The lowest BCUT2D eigenvalue weighted by molar-refractivity contribution is -0.117. The van der Waals surface area contributed by atoms with Crippen LogP contribution in [0.25, 0.3) is 6.08 Å². The van der Waals surface area contributed by atoms with Gasteiger partial charge in [-0.25, -0.2) is 0 Å². The largest absolute Gasteiger partial charge is 0.350 e. The van der Waals surface area contributed by atoms with Crippen LogP contribution in [-0.2, 0) is 4.79 Å². The summed E-state index contributed by atoms with van der Waals surface area (Å²) in [5, 5.41) is 3.63. The van der Waals surface area contributed by atoms with Gasteiger partial charge in [-0.05, 0) is 37.0 Å². The lowest BCUT2D eigenvalue weighted by atomic mass is 10.0. The molecule has 0 bridgehead atoms. The Kier molecular flexibility index (Phi) is 7.38. The topological polar surface area (TPSA) is 29.1 Å². The van der Waals surface area contributed by atoms with Crippen LogP contribution in [-0.4, -0.2) is 11.9 Å². The molecule has 0 spiro atoms. The third-order valence-electron chi connectivity index (χ3n) is 3.13. The van der Waals surface area contributed by atoms with Gasteiger partial charge in [0.05, 0.1) is 0 Å². The molecule has 1 N–H and O–H groups in total. The summed E-state index contributed by atoms with van der Waals surface area (Å²) >= 11 is 6.03. The molecule has 2 nitrogen and oxygen atoms in total. The number of hydrogen-bond acceptors (Lipinski definition) is 1. The summed E-state index contributed by atoms with van der Waals surface area (Å²) in [7, 11) is 0. The molecule has 0 saturated carbocycles. The van der Waals surface area contributed by atoms with Crippen molar-refractivity contribution in [3.63, 3.8) is 0 Å². The van der Waals surface area contributed by atoms with Crippen LogP contribution < -0.4 is 5.32 Å². The standard InChI is InChI=1S/C17H24ClNO/c1-13(2)7-6-8-14(3)19-17(20)12-11-15-9-4-5-10-16(15)18/h4-5,9-14H,6-8H2,1-3H3,(H,19,20). The van der Waals surface area contributed by atoms with Crippen molar-refractivity contribution in [2.75, 3.05) is 0 Å². The number of halogens is 1. The Hall–Kier alpha value is -1.28. The minimum atomic E-state index is -0.0676. The van der Waals surface area contributed by atoms with Crippen molar-refractivity contribution in [2.45, 2.75) is 46.1 Å². The predicted octanol–water partition coefficient (Wildman–Crippen LogP) is 4.68. The van der Waals surface area contributed by atoms with Crippen LogP contribution in [0.1, 0.15) is 45.6 Å². The molecule has 110 valence electrons. The average molecular weight is 294 g/mol. The smallest absolute Gasteiger partial charge is 0.244 e. The molecule has 0 aliphatic rings. The van der Waals surface area contributed by atoms with E-state index in [1.807, 2.05) is 31.2 Å². The molecule has 3 heteroatoms. The highest BCUT2D eigenvalue weighted by Gasteiger charge is 2.05. The van der Waals surface area contributed by atoms with E-state index in [-0.39, 0.29) is 11.9 Å². The highest BCUT2D eigenvalue weighted by molar-refractivity contribution is 6.32. The number of hydrogen-bond donors (Lipinski definition) is 1. The van der Waals surface area contributed by atoms with Gasteiger partial charge < -0.3 is 5.32 Å². The van der Waals surface area contributed by atoms with Crippen molar-refractivity contribution in [1.29, 1.82) is 0 Å². The van der Waals surface area contributed by atoms with E-state index >= 15 is 0 Å². The van der Waals surface area contributed by atoms with E-state index in [0.29, 0.717) is 5.02 Å². The van der Waals surface area contributed by atoms with Crippen LogP contribution in [0.2, 0.25) is 5.02 Å². The number of carbonyl (C=O) groups excluding carboxylic acids is 1. The second kappa shape index (κ2) is 8.80. The minimum Gasteiger partial charge on any atom is -0.350 e. The summed E-state index contributed by atoms with van der Waals surface area (Å²) in [6, 6.07) is 7.68. The molecule has 1 unspecified atom stereocenters. The lowest BCUT2D eigenvalue weighted by Crippen LogP contribution is -2.31. The average Bonchev–Trinajstić information content (AvgIpc) is 2.37. The van der Waals surface area contributed by atoms with Gasteiger partial charge in [0.25, 0.3) is 0 Å². The molecule has 0 aromatic heterocycles. The van der Waals surface area contributed by atoms with Crippen molar-refractivity contribution >= 4 is 23.6 Å². The second-order valence-electron chi connectivity index (χ2n) is 5.59. The summed E-state index contributed by atoms with van der Waals surface area (Å²) in [5.41, 5.74) is 0.858. The van der Waals surface area contributed by atoms with Gasteiger partial charge in [0, 0.05) is 17.1 Å². The first-order valence-corrected chi connectivity index (χ1v) is 7.60. The van der Waals surface area contributed by atoms with Crippen molar-refractivity contribution in [2.24, 2.45) is 5.92 Å². The van der Waals surface area contributed by atoms with Crippen molar-refractivity contribution in [1.82, 2.24) is 5.32 Å². The van der Waals surface area contributed by atoms with Gasteiger partial charge >= 0.3 is 0 Å². The van der Waals surface area contributed by atoms with Crippen molar-refractivity contribution in [3.05, 3.63) is 40.9 Å². The van der Waals surface area contributed by atoms with Crippen LogP contribution in [0.5, 0.6) is 0 Å². The fourth-order valence-corrected chi connectivity index (χ4v) is 2.17. The molecule has 0 radical (unpaired) electrons. The Morgan fingerprint density at radius 3 is 2.60 bits per heavy atom. The normalized spacial score (nSPS) is 12.8. The zero-order valence-electron chi connectivity index (χ0n) is 12.5. The molecule has 1 rings (SSSR count). The Morgan fingerprint density at radius 1 is 1.25 bits per heavy atom. The first-order chi connectivity index (χ1) is 9.49. The molecule has 0 fully saturated rings. The maximum absolute atomic E-state index is 11.8. The first kappa shape index (κ1) is 16.8. The maximum Gasteiger partial charge on any atom is 0.244 e. The van der Waals surface area contributed by atoms with Crippen LogP contribution in [0, 0.1) is 5.92 Å². The summed E-state index contributed by atoms with van der Waals surface area (Å²) in [4.78, 5) is 11.8. The fourth-order valence-electron chi connectivity index (χ4n) is 1.97. The van der Waals surface area contributed by atoms with Gasteiger partial charge in [0.1, 0.15) is 0 Å². The van der Waals surface area contributed by atoms with E-state index < -0.39 is 0 Å². The summed E-state index contributed by atoms with van der Waals surface area (Å²) in [5.74, 6) is 0.653. The molecule has 0 aliphatic carbocycles. The van der Waals surface area contributed by atoms with Crippen molar-refractivity contribution < 1.29 is 4.79 Å². The molecule has 1 aromatic rings. The fraction of sp³-hybridized carbons (Fsp3) is 0.471. The lowest BCUT2D eigenvalue weighted by Gasteiger charge is -2.13. The van der Waals surface area contributed by atoms with E-state index in [1.165, 1.54) is 6.42 Å². The van der Waals surface area contributed by atoms with Crippen LogP contribution in [0.4, 0.5) is 0 Å². The van der Waals surface area contributed by atoms with Crippen molar-refractivity contribution in [3.8, 4) is 0 Å². The van der Waals surface area contributed by atoms with E-state index in [9.17, 15) is 4.79 Å². The van der Waals surface area contributed by atoms with Crippen LogP contribution in [0.3, 0.4) is 0 Å². The van der Waals surface area contributed by atoms with Gasteiger partial charge in [-0.2, -0.15) is 0 Å². The Bertz CT molecular complexity index is 454. The van der Waals surface area contributed by atoms with Gasteiger partial charge in [-0.15, -0.1) is 0 Å². The van der Waals surface area contributed by atoms with Gasteiger partial charge in [0.2, 0.25) is 5.91 Å². The second-order valence-corrected chi connectivity index (χ2v) is 6.00. The molecule has 1 atom stereocenters. The van der Waals surface area contributed by atoms with E-state index in [2.05, 4.69) is 19.2 Å². The predicted molar refractivity (Wildman–Crippen MR) is 86.8 cm³/mol. The van der Waals surface area contributed by atoms with Gasteiger partial charge in [0.15, 0.2) is 0 Å². The Balaban J connectivity index is 2.38. The summed E-state index contributed by atoms with van der Waals surface area (Å²) in [6.07, 6.45) is 6.66. The number of amides is 1. The third kappa shape index (κ3) is 6.76. The maximum atomic E-state index is 11.8. The van der Waals surface area contributed by atoms with Gasteiger partial charge in [-0.3, -0.25) is 4.79 Å². The summed E-state index contributed by atoms with van der Waals surface area (Å²) in [6.45, 7) is 6.48. The van der Waals surface area contributed by atoms with Crippen LogP contribution >= 0.6 is 11.6 Å². The van der Waals surface area contributed by atoms with E-state index in [1.54, 1.807) is 12.2 Å². The highest BCUT2D eigenvalue weighted by Crippen LogP contribution is 2.16. The van der Waals surface area contributed by atoms with Crippen LogP contribution in [0.15, 0.2) is 30.3 Å². The molecule has 1 amide bonds. The molecular weight excluding hydrogens is 270 g/mol. The molecular formula is C17H24ClNO. The van der Waals surface area contributed by atoms with Gasteiger partial charge in [-0.1, -0.05) is 56.5 Å². The highest BCUT2D eigenvalue weighted by atomic mass is 35.5. The number of nitrogens with one attached hydrogen (secondary N) is 1. The summed E-state index contributed by atoms with van der Waals surface area (Å²) < 4.78 is 0. The zero-order valence-corrected chi connectivity index (χ0v) is 13.3. The number of rotatable bonds is 7. The number of benzene rings is 1. The Labute approximate surface area is 127 Å². The SMILES string of the molecule is CC(C)CCCC(C)NC(=O)C=Cc1ccccc1Cl. The molecule has 20 heavy (non-hydrogen) atoms. The first-order valence-electron chi connectivity index (χ1n) is 7.22. The quantitative estimate of drug-likeness (QED) is 0.726. The molecule has 0 saturated heterocycles. The van der Waals surface area contributed by atoms with E-state index in [4.69, 9.17) is 11.6 Å².